The molecule has 2 aromatic rings. The van der Waals surface area contributed by atoms with Crippen molar-refractivity contribution in [1.82, 2.24) is 0 Å². The van der Waals surface area contributed by atoms with Crippen LogP contribution in [0.25, 0.3) is 0 Å². The molecule has 1 amide bonds. The summed E-state index contributed by atoms with van der Waals surface area (Å²) in [6, 6.07) is 15.8. The third kappa shape index (κ3) is 5.22. The lowest BCUT2D eigenvalue weighted by Gasteiger charge is -2.25. The predicted octanol–water partition coefficient (Wildman–Crippen LogP) is 3.60. The fourth-order valence-electron chi connectivity index (χ4n) is 2.84. The molecule has 0 bridgehead atoms. The molecule has 1 aliphatic heterocycles. The number of hydrogen-bond acceptors (Lipinski definition) is 4. The number of carbonyl (C=O) groups is 1. The van der Waals surface area contributed by atoms with Crippen LogP contribution in [0.15, 0.2) is 48.5 Å². The third-order valence-corrected chi connectivity index (χ3v) is 4.13. The normalized spacial score (nSPS) is 14.8. The zero-order valence-electron chi connectivity index (χ0n) is 14.5. The standard InChI is InChI=1S/C20H24N2O3/c1-15-5-4-6-17(13-15)22-20(23)14-25-19-8-3-2-7-18(19)21-16-9-11-24-12-10-16/h2-8,13,16,21H,9-12,14H2,1H3,(H,22,23). The maximum absolute atomic E-state index is 12.1. The number of para-hydroxylation sites is 2. The molecule has 2 N–H and O–H groups in total. The van der Waals surface area contributed by atoms with Gasteiger partial charge in [0, 0.05) is 24.9 Å². The van der Waals surface area contributed by atoms with Gasteiger partial charge in [-0.15, -0.1) is 0 Å². The molecule has 0 aliphatic carbocycles. The molecular formula is C20H24N2O3. The molecule has 1 heterocycles. The number of ether oxygens (including phenoxy) is 2. The molecule has 0 radical (unpaired) electrons. The summed E-state index contributed by atoms with van der Waals surface area (Å²) in [5, 5.41) is 6.35. The minimum Gasteiger partial charge on any atom is -0.482 e. The zero-order chi connectivity index (χ0) is 17.5. The van der Waals surface area contributed by atoms with E-state index in [4.69, 9.17) is 9.47 Å². The Labute approximate surface area is 148 Å². The van der Waals surface area contributed by atoms with Crippen molar-refractivity contribution in [3.05, 3.63) is 54.1 Å². The van der Waals surface area contributed by atoms with Crippen LogP contribution in [0.1, 0.15) is 18.4 Å². The van der Waals surface area contributed by atoms with Crippen molar-refractivity contribution >= 4 is 17.3 Å². The molecule has 1 saturated heterocycles. The monoisotopic (exact) mass is 340 g/mol. The van der Waals surface area contributed by atoms with Crippen LogP contribution in [0.5, 0.6) is 5.75 Å². The smallest absolute Gasteiger partial charge is 0.262 e. The lowest BCUT2D eigenvalue weighted by Crippen LogP contribution is -2.28. The molecule has 0 aromatic heterocycles. The van der Waals surface area contributed by atoms with Crippen molar-refractivity contribution in [3.8, 4) is 5.75 Å². The summed E-state index contributed by atoms with van der Waals surface area (Å²) in [4.78, 5) is 12.1. The van der Waals surface area contributed by atoms with Crippen LogP contribution in [-0.4, -0.2) is 31.8 Å². The van der Waals surface area contributed by atoms with E-state index in [2.05, 4.69) is 10.6 Å². The maximum atomic E-state index is 12.1. The Hall–Kier alpha value is -2.53. The summed E-state index contributed by atoms with van der Waals surface area (Å²) in [5.41, 5.74) is 2.80. The summed E-state index contributed by atoms with van der Waals surface area (Å²) in [5.74, 6) is 0.514. The van der Waals surface area contributed by atoms with Crippen molar-refractivity contribution in [2.75, 3.05) is 30.5 Å². The highest BCUT2D eigenvalue weighted by molar-refractivity contribution is 5.92. The molecule has 132 valence electrons. The van der Waals surface area contributed by atoms with Gasteiger partial charge in [0.2, 0.25) is 0 Å². The van der Waals surface area contributed by atoms with E-state index in [9.17, 15) is 4.79 Å². The summed E-state index contributed by atoms with van der Waals surface area (Å²) in [7, 11) is 0. The number of nitrogens with one attached hydrogen (secondary N) is 2. The highest BCUT2D eigenvalue weighted by Gasteiger charge is 2.15. The van der Waals surface area contributed by atoms with Gasteiger partial charge in [-0.3, -0.25) is 4.79 Å². The van der Waals surface area contributed by atoms with Gasteiger partial charge in [-0.25, -0.2) is 0 Å². The highest BCUT2D eigenvalue weighted by atomic mass is 16.5. The minimum atomic E-state index is -0.175. The van der Waals surface area contributed by atoms with Gasteiger partial charge in [-0.1, -0.05) is 24.3 Å². The van der Waals surface area contributed by atoms with Crippen LogP contribution in [-0.2, 0) is 9.53 Å². The van der Waals surface area contributed by atoms with Crippen LogP contribution in [0.4, 0.5) is 11.4 Å². The number of hydrogen-bond donors (Lipinski definition) is 2. The van der Waals surface area contributed by atoms with E-state index < -0.39 is 0 Å². The van der Waals surface area contributed by atoms with Gasteiger partial charge in [0.1, 0.15) is 5.75 Å². The Kier molecular flexibility index (Phi) is 5.90. The van der Waals surface area contributed by atoms with E-state index in [0.717, 1.165) is 43.0 Å². The second-order valence-corrected chi connectivity index (χ2v) is 6.23. The van der Waals surface area contributed by atoms with Gasteiger partial charge in [0.05, 0.1) is 5.69 Å². The first-order valence-corrected chi connectivity index (χ1v) is 8.63. The van der Waals surface area contributed by atoms with Crippen molar-refractivity contribution < 1.29 is 14.3 Å². The van der Waals surface area contributed by atoms with Crippen LogP contribution in [0.2, 0.25) is 0 Å². The Balaban J connectivity index is 1.56. The summed E-state index contributed by atoms with van der Waals surface area (Å²) in [6.07, 6.45) is 1.95. The van der Waals surface area contributed by atoms with E-state index >= 15 is 0 Å². The number of rotatable bonds is 6. The minimum absolute atomic E-state index is 0.0274. The molecule has 1 fully saturated rings. The van der Waals surface area contributed by atoms with Crippen LogP contribution in [0, 0.1) is 6.92 Å². The van der Waals surface area contributed by atoms with E-state index in [1.54, 1.807) is 0 Å². The summed E-state index contributed by atoms with van der Waals surface area (Å²) < 4.78 is 11.1. The highest BCUT2D eigenvalue weighted by Crippen LogP contribution is 2.26. The van der Waals surface area contributed by atoms with E-state index in [1.165, 1.54) is 0 Å². The average Bonchev–Trinajstić information content (AvgIpc) is 2.62. The van der Waals surface area contributed by atoms with Crippen molar-refractivity contribution in [2.45, 2.75) is 25.8 Å². The Morgan fingerprint density at radius 2 is 1.96 bits per heavy atom. The molecular weight excluding hydrogens is 316 g/mol. The molecule has 3 rings (SSSR count). The van der Waals surface area contributed by atoms with Gasteiger partial charge < -0.3 is 20.1 Å². The Morgan fingerprint density at radius 1 is 1.16 bits per heavy atom. The molecule has 1 aliphatic rings. The number of anilines is 2. The fraction of sp³-hybridized carbons (Fsp3) is 0.350. The molecule has 0 spiro atoms. The molecule has 2 aromatic carbocycles. The fourth-order valence-corrected chi connectivity index (χ4v) is 2.84. The molecule has 25 heavy (non-hydrogen) atoms. The van der Waals surface area contributed by atoms with Gasteiger partial charge in [-0.2, -0.15) is 0 Å². The first kappa shape index (κ1) is 17.3. The third-order valence-electron chi connectivity index (χ3n) is 4.13. The lowest BCUT2D eigenvalue weighted by atomic mass is 10.1. The second-order valence-electron chi connectivity index (χ2n) is 6.23. The molecule has 0 saturated carbocycles. The van der Waals surface area contributed by atoms with Crippen molar-refractivity contribution in [3.63, 3.8) is 0 Å². The average molecular weight is 340 g/mol. The topological polar surface area (TPSA) is 59.6 Å². The lowest BCUT2D eigenvalue weighted by molar-refractivity contribution is -0.118. The van der Waals surface area contributed by atoms with Crippen molar-refractivity contribution in [2.24, 2.45) is 0 Å². The van der Waals surface area contributed by atoms with Gasteiger partial charge >= 0.3 is 0 Å². The summed E-state index contributed by atoms with van der Waals surface area (Å²) >= 11 is 0. The quantitative estimate of drug-likeness (QED) is 0.843. The molecule has 5 heteroatoms. The largest absolute Gasteiger partial charge is 0.482 e. The van der Waals surface area contributed by atoms with Gasteiger partial charge in [0.25, 0.3) is 5.91 Å². The second kappa shape index (κ2) is 8.53. The Morgan fingerprint density at radius 3 is 2.76 bits per heavy atom. The number of carbonyl (C=O) groups excluding carboxylic acids is 1. The van der Waals surface area contributed by atoms with Crippen LogP contribution < -0.4 is 15.4 Å². The number of aryl methyl sites for hydroxylation is 1. The van der Waals surface area contributed by atoms with Crippen molar-refractivity contribution in [1.29, 1.82) is 0 Å². The first-order chi connectivity index (χ1) is 12.2. The van der Waals surface area contributed by atoms with Gasteiger partial charge in [-0.05, 0) is 49.6 Å². The SMILES string of the molecule is Cc1cccc(NC(=O)COc2ccccc2NC2CCOCC2)c1. The van der Waals surface area contributed by atoms with E-state index in [-0.39, 0.29) is 12.5 Å². The molecule has 0 atom stereocenters. The number of benzene rings is 2. The predicted molar refractivity (Wildman–Crippen MR) is 99.2 cm³/mol. The van der Waals surface area contributed by atoms with Crippen LogP contribution in [0.3, 0.4) is 0 Å². The van der Waals surface area contributed by atoms with Crippen LogP contribution >= 0.6 is 0 Å². The molecule has 0 unspecified atom stereocenters. The van der Waals surface area contributed by atoms with E-state index in [0.29, 0.717) is 11.8 Å². The maximum Gasteiger partial charge on any atom is 0.262 e. The van der Waals surface area contributed by atoms with E-state index in [1.807, 2.05) is 55.5 Å². The zero-order valence-corrected chi connectivity index (χ0v) is 14.5. The Bertz CT molecular complexity index is 712. The number of amides is 1. The first-order valence-electron chi connectivity index (χ1n) is 8.63. The van der Waals surface area contributed by atoms with Gasteiger partial charge in [0.15, 0.2) is 6.61 Å². The summed E-state index contributed by atoms with van der Waals surface area (Å²) in [6.45, 7) is 3.52. The molecule has 5 nitrogen and oxygen atoms in total.